The zero-order valence-electron chi connectivity index (χ0n) is 69.6. The van der Waals surface area contributed by atoms with Crippen molar-refractivity contribution in [2.24, 2.45) is 11.8 Å². The summed E-state index contributed by atoms with van der Waals surface area (Å²) in [6.07, 6.45) is 6.02. The van der Waals surface area contributed by atoms with Gasteiger partial charge in [0.1, 0.15) is 5.75 Å². The number of hydrogen-bond acceptors (Lipinski definition) is 17. The van der Waals surface area contributed by atoms with Gasteiger partial charge in [0, 0.05) is 133 Å². The van der Waals surface area contributed by atoms with Gasteiger partial charge in [0.05, 0.1) is 52.1 Å². The smallest absolute Gasteiger partial charge is 0.305 e. The van der Waals surface area contributed by atoms with Crippen LogP contribution in [0.5, 0.6) is 5.75 Å². The molecule has 113 heavy (non-hydrogen) atoms. The van der Waals surface area contributed by atoms with Crippen LogP contribution in [0.2, 0.25) is 0 Å². The average Bonchev–Trinajstić information content (AvgIpc) is 0.833. The molecule has 1 heterocycles. The lowest BCUT2D eigenvalue weighted by Crippen LogP contribution is -2.38. The summed E-state index contributed by atoms with van der Waals surface area (Å²) in [6, 6.07) is 31.5. The van der Waals surface area contributed by atoms with Gasteiger partial charge in [0.2, 0.25) is 35.4 Å². The molecule has 1 fully saturated rings. The third-order valence-electron chi connectivity index (χ3n) is 14.6. The van der Waals surface area contributed by atoms with Crippen LogP contribution in [0.4, 0.5) is 0 Å². The third-order valence-corrected chi connectivity index (χ3v) is 14.6. The lowest BCUT2D eigenvalue weighted by Gasteiger charge is -2.26. The van der Waals surface area contributed by atoms with Gasteiger partial charge in [-0.2, -0.15) is 0 Å². The van der Waals surface area contributed by atoms with Crippen LogP contribution in [0.15, 0.2) is 103 Å². The molecule has 0 bridgehead atoms. The minimum Gasteiger partial charge on any atom is -0.493 e. The zero-order chi connectivity index (χ0) is 86.7. The molecule has 0 aliphatic carbocycles. The molecule has 1 saturated heterocycles. The van der Waals surface area contributed by atoms with Gasteiger partial charge >= 0.3 is 35.8 Å². The first-order valence-electron chi connectivity index (χ1n) is 38.5. The molecule has 0 radical (unpaired) electrons. The van der Waals surface area contributed by atoms with E-state index in [1.54, 1.807) is 52.0 Å². The van der Waals surface area contributed by atoms with E-state index in [1.165, 1.54) is 31.5 Å². The summed E-state index contributed by atoms with van der Waals surface area (Å²) in [6.45, 7) is 37.1. The molecule has 6 atom stereocenters. The van der Waals surface area contributed by atoms with Crippen LogP contribution in [-0.2, 0) is 73.4 Å². The van der Waals surface area contributed by atoms with Crippen LogP contribution in [-0.4, -0.2) is 208 Å². The summed E-state index contributed by atoms with van der Waals surface area (Å²) in [5.41, 5.74) is 1.49. The van der Waals surface area contributed by atoms with Crippen LogP contribution < -0.4 is 42.0 Å². The Bertz CT molecular complexity index is 3280. The highest BCUT2D eigenvalue weighted by molar-refractivity contribution is 5.94. The van der Waals surface area contributed by atoms with Crippen molar-refractivity contribution in [3.8, 4) is 5.75 Å². The number of carbonyl (C=O) groups is 13. The molecule has 0 spiro atoms. The maximum atomic E-state index is 11.6. The van der Waals surface area contributed by atoms with E-state index in [0.717, 1.165) is 89.8 Å². The van der Waals surface area contributed by atoms with Crippen molar-refractivity contribution in [2.75, 3.05) is 59.2 Å². The molecule has 4 aromatic rings. The summed E-state index contributed by atoms with van der Waals surface area (Å²) in [4.78, 5) is 140. The number of ether oxygens (including phenoxy) is 3. The molecule has 30 heteroatoms. The van der Waals surface area contributed by atoms with Gasteiger partial charge in [-0.1, -0.05) is 133 Å². The first-order chi connectivity index (χ1) is 53.2. The Morgan fingerprint density at radius 2 is 0.814 bits per heavy atom. The van der Waals surface area contributed by atoms with Gasteiger partial charge in [-0.3, -0.25) is 67.2 Å². The minimum atomic E-state index is -0.920. The topological polar surface area (TPSA) is 458 Å². The summed E-state index contributed by atoms with van der Waals surface area (Å²) < 4.78 is 16.3. The molecule has 7 amide bonds. The highest BCUT2D eigenvalue weighted by Gasteiger charge is 2.16. The largest absolute Gasteiger partial charge is 0.493 e. The number of nitrogens with zero attached hydrogens (tertiary/aromatic N) is 1. The van der Waals surface area contributed by atoms with E-state index in [1.807, 2.05) is 109 Å². The molecule has 0 saturated carbocycles. The van der Waals surface area contributed by atoms with Crippen LogP contribution in [0, 0.1) is 11.8 Å². The number of fused-ring (bicyclic) bond motifs is 1. The third kappa shape index (κ3) is 75.7. The number of morpholine rings is 1. The summed E-state index contributed by atoms with van der Waals surface area (Å²) in [7, 11) is 0. The molecular formula is C83H134N8O22. The van der Waals surface area contributed by atoms with Crippen LogP contribution in [0.25, 0.3) is 10.8 Å². The quantitative estimate of drug-likeness (QED) is 0.0185. The van der Waals surface area contributed by atoms with Crippen LogP contribution in [0.3, 0.4) is 0 Å². The van der Waals surface area contributed by atoms with Crippen molar-refractivity contribution in [3.63, 3.8) is 0 Å². The molecule has 1 aliphatic heterocycles. The molecule has 1 aliphatic rings. The number of carboxylic acid groups (broad SMARTS) is 6. The molecule has 30 nitrogen and oxygen atoms in total. The van der Waals surface area contributed by atoms with Gasteiger partial charge in [0.15, 0.2) is 0 Å². The normalized spacial score (nSPS) is 12.5. The number of carboxylic acids is 6. The Morgan fingerprint density at radius 1 is 0.416 bits per heavy atom. The second-order valence-electron chi connectivity index (χ2n) is 27.7. The molecule has 5 rings (SSSR count). The van der Waals surface area contributed by atoms with Gasteiger partial charge < -0.3 is 82.1 Å². The number of carbonyl (C=O) groups excluding carboxylic acids is 7. The number of rotatable bonds is 38. The van der Waals surface area contributed by atoms with Crippen molar-refractivity contribution in [1.82, 2.24) is 42.1 Å². The zero-order valence-corrected chi connectivity index (χ0v) is 69.6. The van der Waals surface area contributed by atoms with E-state index in [-0.39, 0.29) is 116 Å². The average molecular weight is 1600 g/mol. The maximum absolute atomic E-state index is 11.6. The molecule has 13 N–H and O–H groups in total. The van der Waals surface area contributed by atoms with Crippen molar-refractivity contribution in [2.45, 2.75) is 243 Å². The highest BCUT2D eigenvalue weighted by atomic mass is 16.5. The number of nitrogens with one attached hydrogen (secondary N) is 7. The summed E-state index contributed by atoms with van der Waals surface area (Å²) >= 11 is 0. The van der Waals surface area contributed by atoms with E-state index in [2.05, 4.69) is 74.2 Å². The van der Waals surface area contributed by atoms with Crippen LogP contribution >= 0.6 is 0 Å². The van der Waals surface area contributed by atoms with Crippen molar-refractivity contribution >= 4 is 87.9 Å². The molecular weight excluding hydrogens is 1460 g/mol. The highest BCUT2D eigenvalue weighted by Crippen LogP contribution is 2.25. The van der Waals surface area contributed by atoms with E-state index in [0.29, 0.717) is 55.9 Å². The fraction of sp³-hybridized carbons (Fsp3) is 0.578. The number of aliphatic carboxylic acids is 6. The lowest BCUT2D eigenvalue weighted by molar-refractivity contribution is -0.139. The van der Waals surface area contributed by atoms with E-state index in [4.69, 9.17) is 44.8 Å². The monoisotopic (exact) mass is 1590 g/mol. The fourth-order valence-electron chi connectivity index (χ4n) is 9.38. The SMILES string of the molecule is CC(=O)NC(C)CC(=O)O.CC(=O)NC(C)CCC(=O)O.CC(C)CC(=O)NC(C)CC(=O)O.CC(C)CC(=O)NC(C)CCC(=O)O.CC(CC(=O)O)NC(=O)c1ccccc1.CC(CCC(=O)O)NC(=O)Cc1ccccc1.CCCNC(C)=O.CCCOCCN1CCOCC1.CCCOc1cccc2ccccc12. The summed E-state index contributed by atoms with van der Waals surface area (Å²) in [5, 5.41) is 71.3. The molecule has 4 aromatic carbocycles. The van der Waals surface area contributed by atoms with Crippen molar-refractivity contribution in [3.05, 3.63) is 114 Å². The Labute approximate surface area is 668 Å². The molecule has 0 aromatic heterocycles. The number of amides is 7. The standard InChI is InChI=1S/C13H17NO3.C13H14O.C11H13NO3.C10H19NO3.C9H17NO3.C9H19NO2.C7H13NO3.C6H11NO3.C5H11NO/c1-10(7-8-13(16)17)14-12(15)9-11-5-3-2-4-6-11;1-2-10-14-13-9-5-7-11-6-3-4-8-12(11)13;1-8(7-10(13)14)12-11(15)9-5-3-2-4-6-9;1-7(2)6-9(12)11-8(3)4-5-10(13)14;1-6(2)4-8(11)10-7(3)5-9(12)13;1-2-6-11-7-3-10-4-8-12-9-5-10;1-5(8-6(2)9)3-4-7(10)11;1-4(3-6(9)10)7-5(2)8;1-3-4-6-5(2)7/h2-6,10H,7-9H2,1H3,(H,14,15)(H,16,17);3-9H,2,10H2,1H3;2-6,8H,7H2,1H3,(H,12,15)(H,13,14);7-8H,4-6H2,1-3H3,(H,11,12)(H,13,14);6-7H,4-5H2,1-3H3,(H,10,11)(H,12,13);2-9H2,1H3;5H,3-4H2,1-2H3,(H,8,9)(H,10,11);4H,3H2,1-2H3,(H,7,8)(H,9,10);3-4H2,1-2H3,(H,6,7). The van der Waals surface area contributed by atoms with Gasteiger partial charge in [-0.05, 0) is 121 Å². The van der Waals surface area contributed by atoms with Crippen molar-refractivity contribution < 1.29 is 107 Å². The predicted octanol–water partition coefficient (Wildman–Crippen LogP) is 10.6. The Morgan fingerprint density at radius 3 is 1.23 bits per heavy atom. The number of benzene rings is 4. The van der Waals surface area contributed by atoms with E-state index in [9.17, 15) is 62.3 Å². The van der Waals surface area contributed by atoms with E-state index < -0.39 is 35.8 Å². The Balaban J connectivity index is -0.000000596. The fourth-order valence-corrected chi connectivity index (χ4v) is 9.38. The first-order valence-corrected chi connectivity index (χ1v) is 38.5. The number of hydrogen-bond donors (Lipinski definition) is 13. The minimum absolute atomic E-state index is 0.00195. The Kier molecular flexibility index (Phi) is 67.5. The van der Waals surface area contributed by atoms with Gasteiger partial charge in [-0.25, -0.2) is 0 Å². The molecule has 638 valence electrons. The second kappa shape index (κ2) is 69.8. The van der Waals surface area contributed by atoms with Gasteiger partial charge in [0.25, 0.3) is 5.91 Å². The summed E-state index contributed by atoms with van der Waals surface area (Å²) in [5.74, 6) is -4.25. The lowest BCUT2D eigenvalue weighted by atomic mass is 10.1. The molecule has 6 unspecified atom stereocenters. The predicted molar refractivity (Wildman–Crippen MR) is 436 cm³/mol. The maximum Gasteiger partial charge on any atom is 0.305 e. The van der Waals surface area contributed by atoms with Gasteiger partial charge in [-0.15, -0.1) is 0 Å². The first kappa shape index (κ1) is 109. The van der Waals surface area contributed by atoms with Crippen LogP contribution in [0.1, 0.15) is 217 Å². The van der Waals surface area contributed by atoms with Crippen molar-refractivity contribution in [1.29, 1.82) is 0 Å². The van der Waals surface area contributed by atoms with E-state index >= 15 is 0 Å². The Hall–Kier alpha value is -10.1. The second-order valence-corrected chi connectivity index (χ2v) is 27.7.